The van der Waals surface area contributed by atoms with Gasteiger partial charge in [-0.3, -0.25) is 0 Å². The lowest BCUT2D eigenvalue weighted by Gasteiger charge is -2.18. The number of rotatable bonds is 11. The first-order valence-electron chi connectivity index (χ1n) is 7.97. The Morgan fingerprint density at radius 2 is 2.00 bits per heavy atom. The number of hydrogen-bond donors (Lipinski definition) is 1. The first-order valence-corrected chi connectivity index (χ1v) is 7.97. The number of imidazole rings is 1. The molecule has 1 N–H and O–H groups in total. The van der Waals surface area contributed by atoms with Crippen molar-refractivity contribution in [3.8, 4) is 0 Å². The molecule has 1 aromatic heterocycles. The molecule has 1 atom stereocenters. The number of unbranched alkanes of at least 4 members (excludes halogenated alkanes) is 3. The normalized spacial score (nSPS) is 12.8. The Labute approximate surface area is 118 Å². The van der Waals surface area contributed by atoms with Crippen LogP contribution < -0.4 is 5.32 Å². The maximum Gasteiger partial charge on any atom is 0.108 e. The third-order valence-electron chi connectivity index (χ3n) is 3.73. The van der Waals surface area contributed by atoms with Crippen LogP contribution in [0.1, 0.15) is 64.6 Å². The topological polar surface area (TPSA) is 29.9 Å². The molecule has 110 valence electrons. The summed E-state index contributed by atoms with van der Waals surface area (Å²) in [5, 5.41) is 3.69. The van der Waals surface area contributed by atoms with Crippen LogP contribution in [0.3, 0.4) is 0 Å². The minimum Gasteiger partial charge on any atom is -0.338 e. The van der Waals surface area contributed by atoms with Crippen molar-refractivity contribution in [1.82, 2.24) is 14.9 Å². The zero-order chi connectivity index (χ0) is 13.9. The van der Waals surface area contributed by atoms with Gasteiger partial charge in [-0.1, -0.05) is 39.5 Å². The van der Waals surface area contributed by atoms with Crippen LogP contribution in [-0.4, -0.2) is 22.1 Å². The van der Waals surface area contributed by atoms with E-state index < -0.39 is 0 Å². The quantitative estimate of drug-likeness (QED) is 0.618. The Morgan fingerprint density at radius 1 is 1.16 bits per heavy atom. The van der Waals surface area contributed by atoms with Gasteiger partial charge in [0.05, 0.1) is 0 Å². The van der Waals surface area contributed by atoms with E-state index in [4.69, 9.17) is 0 Å². The van der Waals surface area contributed by atoms with E-state index >= 15 is 0 Å². The molecule has 0 spiro atoms. The molecule has 3 nitrogen and oxygen atoms in total. The molecule has 0 fully saturated rings. The smallest absolute Gasteiger partial charge is 0.108 e. The second-order valence-corrected chi connectivity index (χ2v) is 5.49. The van der Waals surface area contributed by atoms with Gasteiger partial charge >= 0.3 is 0 Å². The van der Waals surface area contributed by atoms with Crippen LogP contribution in [0.2, 0.25) is 0 Å². The van der Waals surface area contributed by atoms with E-state index in [2.05, 4.69) is 35.8 Å². The van der Waals surface area contributed by atoms with Crippen LogP contribution in [0.4, 0.5) is 0 Å². The van der Waals surface area contributed by atoms with E-state index in [1.165, 1.54) is 50.8 Å². The van der Waals surface area contributed by atoms with Gasteiger partial charge in [0, 0.05) is 31.9 Å². The monoisotopic (exact) mass is 265 g/mol. The lowest BCUT2D eigenvalue weighted by Crippen LogP contribution is -2.30. The molecule has 0 aliphatic carbocycles. The first kappa shape index (κ1) is 16.2. The standard InChI is InChI=1S/C16H31N3/c1-4-6-7-8-9-15(17-12-5-2)10-11-16-18-13-14-19(16)3/h13-15,17H,4-12H2,1-3H3. The molecule has 0 saturated carbocycles. The largest absolute Gasteiger partial charge is 0.338 e. The summed E-state index contributed by atoms with van der Waals surface area (Å²) in [5.41, 5.74) is 0. The molecular weight excluding hydrogens is 234 g/mol. The molecule has 19 heavy (non-hydrogen) atoms. The van der Waals surface area contributed by atoms with Crippen molar-refractivity contribution in [2.75, 3.05) is 6.54 Å². The summed E-state index contributed by atoms with van der Waals surface area (Å²) >= 11 is 0. The Hall–Kier alpha value is -0.830. The second kappa shape index (κ2) is 10.0. The fourth-order valence-corrected chi connectivity index (χ4v) is 2.46. The molecule has 1 aromatic rings. The predicted octanol–water partition coefficient (Wildman–Crippen LogP) is 3.69. The Balaban J connectivity index is 2.29. The predicted molar refractivity (Wildman–Crippen MR) is 82.4 cm³/mol. The molecule has 0 saturated heterocycles. The first-order chi connectivity index (χ1) is 9.27. The van der Waals surface area contributed by atoms with E-state index in [0.29, 0.717) is 6.04 Å². The summed E-state index contributed by atoms with van der Waals surface area (Å²) in [5.74, 6) is 1.21. The van der Waals surface area contributed by atoms with Gasteiger partial charge in [-0.15, -0.1) is 0 Å². The molecule has 0 bridgehead atoms. The molecule has 0 aliphatic heterocycles. The molecule has 0 aromatic carbocycles. The van der Waals surface area contributed by atoms with Gasteiger partial charge in [0.25, 0.3) is 0 Å². The average Bonchev–Trinajstić information content (AvgIpc) is 2.82. The SMILES string of the molecule is CCCCCCC(CCc1nccn1C)NCCC. The van der Waals surface area contributed by atoms with Crippen molar-refractivity contribution in [3.63, 3.8) is 0 Å². The minimum atomic E-state index is 0.661. The van der Waals surface area contributed by atoms with Crippen LogP contribution in [0, 0.1) is 0 Å². The van der Waals surface area contributed by atoms with Crippen LogP contribution in [0.25, 0.3) is 0 Å². The number of hydrogen-bond acceptors (Lipinski definition) is 2. The molecule has 1 unspecified atom stereocenters. The van der Waals surface area contributed by atoms with E-state index in [9.17, 15) is 0 Å². The van der Waals surface area contributed by atoms with Crippen LogP contribution in [0.5, 0.6) is 0 Å². The van der Waals surface area contributed by atoms with E-state index in [-0.39, 0.29) is 0 Å². The van der Waals surface area contributed by atoms with Crippen molar-refractivity contribution in [2.24, 2.45) is 7.05 Å². The fraction of sp³-hybridized carbons (Fsp3) is 0.812. The summed E-state index contributed by atoms with van der Waals surface area (Å²) in [6.45, 7) is 5.65. The zero-order valence-corrected chi connectivity index (χ0v) is 13.0. The summed E-state index contributed by atoms with van der Waals surface area (Å²) in [7, 11) is 2.08. The Bertz CT molecular complexity index is 320. The molecule has 1 heterocycles. The summed E-state index contributed by atoms with van der Waals surface area (Å²) < 4.78 is 2.13. The highest BCUT2D eigenvalue weighted by atomic mass is 15.0. The van der Waals surface area contributed by atoms with Crippen molar-refractivity contribution in [2.45, 2.75) is 71.3 Å². The van der Waals surface area contributed by atoms with Crippen LogP contribution >= 0.6 is 0 Å². The summed E-state index contributed by atoms with van der Waals surface area (Å²) in [6, 6.07) is 0.661. The third kappa shape index (κ3) is 6.76. The fourth-order valence-electron chi connectivity index (χ4n) is 2.46. The van der Waals surface area contributed by atoms with E-state index in [0.717, 1.165) is 13.0 Å². The molecule has 3 heteroatoms. The molecular formula is C16H31N3. The lowest BCUT2D eigenvalue weighted by atomic mass is 10.0. The van der Waals surface area contributed by atoms with Gasteiger partial charge in [-0.25, -0.2) is 4.98 Å². The van der Waals surface area contributed by atoms with Crippen molar-refractivity contribution >= 4 is 0 Å². The third-order valence-corrected chi connectivity index (χ3v) is 3.73. The molecule has 0 aliphatic rings. The maximum absolute atomic E-state index is 4.41. The highest BCUT2D eigenvalue weighted by Gasteiger charge is 2.09. The number of aryl methyl sites for hydroxylation is 2. The van der Waals surface area contributed by atoms with Gasteiger partial charge in [0.2, 0.25) is 0 Å². The molecule has 0 radical (unpaired) electrons. The van der Waals surface area contributed by atoms with Gasteiger partial charge in [-0.05, 0) is 25.8 Å². The zero-order valence-electron chi connectivity index (χ0n) is 13.0. The Kier molecular flexibility index (Phi) is 8.55. The van der Waals surface area contributed by atoms with Crippen LogP contribution in [0.15, 0.2) is 12.4 Å². The van der Waals surface area contributed by atoms with Gasteiger partial charge in [0.1, 0.15) is 5.82 Å². The maximum atomic E-state index is 4.41. The lowest BCUT2D eigenvalue weighted by molar-refractivity contribution is 0.428. The Morgan fingerprint density at radius 3 is 2.63 bits per heavy atom. The van der Waals surface area contributed by atoms with Gasteiger partial charge in [-0.2, -0.15) is 0 Å². The molecule has 1 rings (SSSR count). The van der Waals surface area contributed by atoms with Gasteiger partial charge in [0.15, 0.2) is 0 Å². The van der Waals surface area contributed by atoms with Crippen molar-refractivity contribution < 1.29 is 0 Å². The van der Waals surface area contributed by atoms with E-state index in [1.807, 2.05) is 12.4 Å². The summed E-state index contributed by atoms with van der Waals surface area (Å²) in [6.07, 6.45) is 14.2. The van der Waals surface area contributed by atoms with Crippen molar-refractivity contribution in [3.05, 3.63) is 18.2 Å². The highest BCUT2D eigenvalue weighted by Crippen LogP contribution is 2.11. The van der Waals surface area contributed by atoms with Crippen LogP contribution in [-0.2, 0) is 13.5 Å². The average molecular weight is 265 g/mol. The van der Waals surface area contributed by atoms with Gasteiger partial charge < -0.3 is 9.88 Å². The number of nitrogens with one attached hydrogen (secondary N) is 1. The second-order valence-electron chi connectivity index (χ2n) is 5.49. The van der Waals surface area contributed by atoms with E-state index in [1.54, 1.807) is 0 Å². The van der Waals surface area contributed by atoms with Crippen molar-refractivity contribution in [1.29, 1.82) is 0 Å². The summed E-state index contributed by atoms with van der Waals surface area (Å²) in [4.78, 5) is 4.41. The number of nitrogens with zero attached hydrogens (tertiary/aromatic N) is 2. The minimum absolute atomic E-state index is 0.661. The number of aromatic nitrogens is 2. The highest BCUT2D eigenvalue weighted by molar-refractivity contribution is 4.92. The molecule has 0 amide bonds.